The lowest BCUT2D eigenvalue weighted by atomic mass is 10.2. The molecule has 2 N–H and O–H groups in total. The van der Waals surface area contributed by atoms with Crippen LogP contribution in [0.2, 0.25) is 5.02 Å². The lowest BCUT2D eigenvalue weighted by Crippen LogP contribution is -2.24. The van der Waals surface area contributed by atoms with E-state index >= 15 is 0 Å². The number of sulfonamides is 1. The largest absolute Gasteiger partial charge is 0.416 e. The van der Waals surface area contributed by atoms with Gasteiger partial charge in [0.2, 0.25) is 10.0 Å². The summed E-state index contributed by atoms with van der Waals surface area (Å²) in [5, 5.41) is 12.0. The van der Waals surface area contributed by atoms with Gasteiger partial charge in [-0.15, -0.1) is 10.2 Å². The molecule has 0 bridgehead atoms. The van der Waals surface area contributed by atoms with Crippen LogP contribution in [-0.4, -0.2) is 29.0 Å². The normalized spacial score (nSPS) is 12.6. The Morgan fingerprint density at radius 3 is 2.62 bits per heavy atom. The van der Waals surface area contributed by atoms with Crippen LogP contribution in [0.25, 0.3) is 0 Å². The van der Waals surface area contributed by atoms with Crippen LogP contribution < -0.4 is 4.72 Å². The number of aromatic nitrogens is 4. The van der Waals surface area contributed by atoms with Crippen molar-refractivity contribution >= 4 is 21.6 Å². The molecule has 2 rings (SSSR count). The van der Waals surface area contributed by atoms with E-state index in [1.54, 1.807) is 0 Å². The number of nitrogens with zero attached hydrogens (tertiary/aromatic N) is 3. The highest BCUT2D eigenvalue weighted by atomic mass is 35.5. The fourth-order valence-electron chi connectivity index (χ4n) is 1.38. The van der Waals surface area contributed by atoms with Gasteiger partial charge in [0.15, 0.2) is 5.82 Å². The topological polar surface area (TPSA) is 101 Å². The standard InChI is InChI=1S/C9H7ClF3N5O2S/c10-6-2-1-5(9(11,12)13)3-7(6)21(19,20)14-4-8-15-17-18-16-8/h1-3,14H,4H2,(H,15,16,17,18). The minimum atomic E-state index is -4.68. The van der Waals surface area contributed by atoms with Gasteiger partial charge in [0.1, 0.15) is 4.90 Å². The van der Waals surface area contributed by atoms with Crippen LogP contribution in [0, 0.1) is 0 Å². The Kier molecular flexibility index (Phi) is 4.16. The Labute approximate surface area is 121 Å². The van der Waals surface area contributed by atoms with Crippen molar-refractivity contribution in [1.29, 1.82) is 0 Å². The van der Waals surface area contributed by atoms with Crippen molar-refractivity contribution in [2.24, 2.45) is 0 Å². The first-order chi connectivity index (χ1) is 9.70. The Morgan fingerprint density at radius 2 is 2.05 bits per heavy atom. The zero-order valence-electron chi connectivity index (χ0n) is 10.0. The Bertz CT molecular complexity index is 732. The lowest BCUT2D eigenvalue weighted by Gasteiger charge is -2.11. The first kappa shape index (κ1) is 15.7. The van der Waals surface area contributed by atoms with E-state index in [4.69, 9.17) is 11.6 Å². The smallest absolute Gasteiger partial charge is 0.207 e. The Hall–Kier alpha value is -1.72. The molecule has 7 nitrogen and oxygen atoms in total. The fourth-order valence-corrected chi connectivity index (χ4v) is 2.88. The highest BCUT2D eigenvalue weighted by Gasteiger charge is 2.32. The number of benzene rings is 1. The number of nitrogens with one attached hydrogen (secondary N) is 2. The summed E-state index contributed by atoms with van der Waals surface area (Å²) in [4.78, 5) is -0.678. The maximum absolute atomic E-state index is 12.6. The van der Waals surface area contributed by atoms with E-state index in [9.17, 15) is 21.6 Å². The van der Waals surface area contributed by atoms with Gasteiger partial charge in [-0.3, -0.25) is 0 Å². The van der Waals surface area contributed by atoms with Crippen molar-refractivity contribution < 1.29 is 21.6 Å². The number of hydrogen-bond acceptors (Lipinski definition) is 5. The van der Waals surface area contributed by atoms with Gasteiger partial charge in [0.25, 0.3) is 0 Å². The van der Waals surface area contributed by atoms with Crippen molar-refractivity contribution in [1.82, 2.24) is 25.3 Å². The third-order valence-electron chi connectivity index (χ3n) is 2.36. The van der Waals surface area contributed by atoms with Crippen LogP contribution in [0.3, 0.4) is 0 Å². The third-order valence-corrected chi connectivity index (χ3v) is 4.24. The second-order valence-corrected chi connectivity index (χ2v) is 5.94. The van der Waals surface area contributed by atoms with Crippen LogP contribution in [0.4, 0.5) is 13.2 Å². The lowest BCUT2D eigenvalue weighted by molar-refractivity contribution is -0.137. The monoisotopic (exact) mass is 341 g/mol. The number of H-pyrrole nitrogens is 1. The molecule has 2 aromatic rings. The molecular formula is C9H7ClF3N5O2S. The van der Waals surface area contributed by atoms with E-state index in [1.807, 2.05) is 4.72 Å². The summed E-state index contributed by atoms with van der Waals surface area (Å²) in [7, 11) is -4.25. The van der Waals surface area contributed by atoms with Gasteiger partial charge in [0.05, 0.1) is 17.1 Å². The van der Waals surface area contributed by atoms with Crippen molar-refractivity contribution in [2.45, 2.75) is 17.6 Å². The van der Waals surface area contributed by atoms with E-state index in [1.165, 1.54) is 0 Å². The van der Waals surface area contributed by atoms with E-state index in [0.29, 0.717) is 12.1 Å². The number of aromatic amines is 1. The Balaban J connectivity index is 2.31. The number of tetrazole rings is 1. The van der Waals surface area contributed by atoms with Crippen molar-refractivity contribution in [3.8, 4) is 0 Å². The van der Waals surface area contributed by atoms with Crippen LogP contribution >= 0.6 is 11.6 Å². The molecule has 0 saturated carbocycles. The third kappa shape index (κ3) is 3.68. The maximum Gasteiger partial charge on any atom is 0.416 e. The first-order valence-electron chi connectivity index (χ1n) is 5.29. The molecule has 12 heteroatoms. The highest BCUT2D eigenvalue weighted by molar-refractivity contribution is 7.89. The van der Waals surface area contributed by atoms with Gasteiger partial charge in [0, 0.05) is 0 Å². The van der Waals surface area contributed by atoms with E-state index in [0.717, 1.165) is 6.07 Å². The minimum Gasteiger partial charge on any atom is -0.207 e. The SMILES string of the molecule is O=S(=O)(NCc1nn[nH]n1)c1cc(C(F)(F)F)ccc1Cl. The van der Waals surface area contributed by atoms with Gasteiger partial charge in [-0.1, -0.05) is 16.8 Å². The highest BCUT2D eigenvalue weighted by Crippen LogP contribution is 2.33. The van der Waals surface area contributed by atoms with Gasteiger partial charge < -0.3 is 0 Å². The predicted molar refractivity (Wildman–Crippen MR) is 64.7 cm³/mol. The zero-order valence-corrected chi connectivity index (χ0v) is 11.6. The summed E-state index contributed by atoms with van der Waals surface area (Å²) in [6, 6.07) is 2.02. The number of halogens is 4. The average molecular weight is 342 g/mol. The summed E-state index contributed by atoms with van der Waals surface area (Å²) in [5.41, 5.74) is -1.12. The van der Waals surface area contributed by atoms with Crippen LogP contribution in [-0.2, 0) is 22.7 Å². The molecule has 0 aliphatic rings. The second-order valence-electron chi connectivity index (χ2n) is 3.80. The molecule has 21 heavy (non-hydrogen) atoms. The number of hydrogen-bond donors (Lipinski definition) is 2. The molecule has 0 saturated heterocycles. The summed E-state index contributed by atoms with van der Waals surface area (Å²) in [6.45, 7) is -0.342. The molecule has 0 aliphatic carbocycles. The molecule has 0 spiro atoms. The summed E-state index contributed by atoms with van der Waals surface area (Å²) in [5.74, 6) is 0.0293. The molecule has 0 aliphatic heterocycles. The Morgan fingerprint density at radius 1 is 1.33 bits per heavy atom. The quantitative estimate of drug-likeness (QED) is 0.874. The van der Waals surface area contributed by atoms with Gasteiger partial charge >= 0.3 is 6.18 Å². The molecule has 0 radical (unpaired) electrons. The summed E-state index contributed by atoms with van der Waals surface area (Å²) >= 11 is 5.66. The van der Waals surface area contributed by atoms with E-state index in [-0.39, 0.29) is 17.4 Å². The number of alkyl halides is 3. The molecule has 114 valence electrons. The molecule has 0 fully saturated rings. The second kappa shape index (κ2) is 5.58. The minimum absolute atomic E-state index is 0.0293. The average Bonchev–Trinajstić information content (AvgIpc) is 2.88. The first-order valence-corrected chi connectivity index (χ1v) is 7.15. The van der Waals surface area contributed by atoms with Gasteiger partial charge in [-0.2, -0.15) is 18.4 Å². The van der Waals surface area contributed by atoms with Crippen molar-refractivity contribution in [3.05, 3.63) is 34.6 Å². The molecule has 1 aromatic heterocycles. The maximum atomic E-state index is 12.6. The molecule has 0 amide bonds. The van der Waals surface area contributed by atoms with Crippen LogP contribution in [0.5, 0.6) is 0 Å². The van der Waals surface area contributed by atoms with Gasteiger partial charge in [-0.05, 0) is 18.2 Å². The molecule has 1 aromatic carbocycles. The van der Waals surface area contributed by atoms with E-state index in [2.05, 4.69) is 20.6 Å². The molecule has 0 atom stereocenters. The van der Waals surface area contributed by atoms with Crippen LogP contribution in [0.1, 0.15) is 11.4 Å². The van der Waals surface area contributed by atoms with E-state index < -0.39 is 26.7 Å². The van der Waals surface area contributed by atoms with Crippen molar-refractivity contribution in [2.75, 3.05) is 0 Å². The van der Waals surface area contributed by atoms with Crippen molar-refractivity contribution in [3.63, 3.8) is 0 Å². The number of rotatable bonds is 4. The summed E-state index contributed by atoms with van der Waals surface area (Å²) < 4.78 is 63.8. The molecule has 0 unspecified atom stereocenters. The van der Waals surface area contributed by atoms with Crippen LogP contribution in [0.15, 0.2) is 23.1 Å². The molecular weight excluding hydrogens is 335 g/mol. The van der Waals surface area contributed by atoms with Gasteiger partial charge in [-0.25, -0.2) is 13.1 Å². The summed E-state index contributed by atoms with van der Waals surface area (Å²) in [6.07, 6.45) is -4.68. The molecule has 1 heterocycles. The zero-order chi connectivity index (χ0) is 15.7. The fraction of sp³-hybridized carbons (Fsp3) is 0.222. The predicted octanol–water partition coefficient (Wildman–Crippen LogP) is 1.35.